The molecule has 0 spiro atoms. The summed E-state index contributed by atoms with van der Waals surface area (Å²) in [7, 11) is -0.466. The van der Waals surface area contributed by atoms with Crippen molar-refractivity contribution in [2.45, 2.75) is 0 Å². The van der Waals surface area contributed by atoms with Crippen LogP contribution in [0.3, 0.4) is 0 Å². The van der Waals surface area contributed by atoms with Gasteiger partial charge in [0.15, 0.2) is 5.78 Å². The molecule has 0 aliphatic rings. The second-order valence-electron chi connectivity index (χ2n) is 4.34. The van der Waals surface area contributed by atoms with Gasteiger partial charge in [-0.2, -0.15) is 0 Å². The fourth-order valence-corrected chi connectivity index (χ4v) is 3.80. The van der Waals surface area contributed by atoms with E-state index >= 15 is 0 Å². The van der Waals surface area contributed by atoms with E-state index in [-0.39, 0.29) is 26.8 Å². The Balaban J connectivity index is -0.000000271. The Bertz CT molecular complexity index is 874. The van der Waals surface area contributed by atoms with Gasteiger partial charge >= 0.3 is 56.5 Å². The quantitative estimate of drug-likeness (QED) is 0.221. The summed E-state index contributed by atoms with van der Waals surface area (Å²) in [6, 6.07) is 21.7. The summed E-state index contributed by atoms with van der Waals surface area (Å²) in [5.41, 5.74) is 1.56. The topological polar surface area (TPSA) is 117 Å². The fraction of sp³-hybridized carbons (Fsp3) is 0. The molecule has 6 nitrogen and oxygen atoms in total. The van der Waals surface area contributed by atoms with E-state index < -0.39 is 7.53 Å². The molecule has 0 bridgehead atoms. The standard InChI is InChI=1S/C17H13OP.5CO.Mo/c18-17(14-7-3-1-4-8-14)15-11-12-19(13-15)16-9-5-2-6-10-16;5*1-2;/h1-13H;;;;;;. The van der Waals surface area contributed by atoms with Crippen molar-refractivity contribution in [2.24, 2.45) is 0 Å². The average Bonchev–Trinajstić information content (AvgIpc) is 3.36. The Kier molecular flexibility index (Phi) is 30.4. The zero-order chi connectivity index (χ0) is 23.1. The normalized spacial score (nSPS) is 7.47. The minimum absolute atomic E-state index is 0. The van der Waals surface area contributed by atoms with E-state index in [2.05, 4.69) is 57.0 Å². The fourth-order valence-electron chi connectivity index (χ4n) is 2.05. The Morgan fingerprint density at radius 1 is 0.600 bits per heavy atom. The van der Waals surface area contributed by atoms with Crippen LogP contribution in [0.5, 0.6) is 0 Å². The largest absolute Gasteiger partial charge is 0 e. The first kappa shape index (κ1) is 34.8. The van der Waals surface area contributed by atoms with Crippen LogP contribution in [-0.2, 0) is 44.3 Å². The summed E-state index contributed by atoms with van der Waals surface area (Å²) < 4.78 is 37.5. The molecule has 0 N–H and O–H groups in total. The molecule has 3 rings (SSSR count). The number of carbonyl (C=O) groups is 1. The summed E-state index contributed by atoms with van der Waals surface area (Å²) in [6.07, 6.45) is 0. The summed E-state index contributed by atoms with van der Waals surface area (Å²) in [5.74, 6) is 4.35. The zero-order valence-corrected chi connectivity index (χ0v) is 18.2. The van der Waals surface area contributed by atoms with Crippen molar-refractivity contribution in [2.75, 3.05) is 0 Å². The molecule has 0 aliphatic carbocycles. The van der Waals surface area contributed by atoms with Gasteiger partial charge in [-0.05, 0) is 23.0 Å². The van der Waals surface area contributed by atoms with Crippen LogP contribution in [0.4, 0.5) is 0 Å². The van der Waals surface area contributed by atoms with E-state index in [0.717, 1.165) is 11.1 Å². The first-order valence-corrected chi connectivity index (χ1v) is 8.68. The molecule has 0 fully saturated rings. The third-order valence-corrected chi connectivity index (χ3v) is 4.97. The molecular formula is C22H13MoO6P. The second kappa shape index (κ2) is 26.3. The van der Waals surface area contributed by atoms with E-state index in [9.17, 15) is 4.79 Å². The van der Waals surface area contributed by atoms with Crippen LogP contribution < -0.4 is 0 Å². The van der Waals surface area contributed by atoms with Crippen LogP contribution in [0.2, 0.25) is 0 Å². The van der Waals surface area contributed by atoms with Crippen molar-refractivity contribution in [3.8, 4) is 5.30 Å². The van der Waals surface area contributed by atoms with Crippen LogP contribution in [-0.4, -0.2) is 5.78 Å². The van der Waals surface area contributed by atoms with Crippen molar-refractivity contribution < 1.29 is 49.1 Å². The molecule has 1 heterocycles. The SMILES string of the molecule is O=C(c1ccccc1)c1ccp(-c2ccccc2)c1.[C-]#[O+].[C-]#[O+].[C-]#[O+].[C-]#[O+].[C-]#[O+].[Mo]. The molecule has 30 heavy (non-hydrogen) atoms. The van der Waals surface area contributed by atoms with E-state index in [4.69, 9.17) is 23.3 Å². The van der Waals surface area contributed by atoms with Crippen molar-refractivity contribution in [3.05, 3.63) is 123 Å². The summed E-state index contributed by atoms with van der Waals surface area (Å²) in [5, 5.41) is 1.28. The number of hydrogen-bond donors (Lipinski definition) is 0. The molecular weight excluding hydrogens is 487 g/mol. The van der Waals surface area contributed by atoms with Gasteiger partial charge in [-0.1, -0.05) is 68.2 Å². The average molecular weight is 500 g/mol. The van der Waals surface area contributed by atoms with Gasteiger partial charge in [0.05, 0.1) is 0 Å². The maximum atomic E-state index is 12.3. The van der Waals surface area contributed by atoms with Crippen molar-refractivity contribution >= 4 is 13.3 Å². The van der Waals surface area contributed by atoms with Gasteiger partial charge in [-0.25, -0.2) is 0 Å². The van der Waals surface area contributed by atoms with Crippen LogP contribution in [0, 0.1) is 33.3 Å². The third-order valence-electron chi connectivity index (χ3n) is 3.05. The molecule has 1 aromatic heterocycles. The van der Waals surface area contributed by atoms with Gasteiger partial charge in [-0.15, -0.1) is 0 Å². The summed E-state index contributed by atoms with van der Waals surface area (Å²) >= 11 is 0. The Hall–Kier alpha value is -2.72. The van der Waals surface area contributed by atoms with Crippen molar-refractivity contribution in [1.29, 1.82) is 0 Å². The number of benzene rings is 2. The molecule has 3 aromatic rings. The Morgan fingerprint density at radius 3 is 1.43 bits per heavy atom. The molecule has 0 saturated carbocycles. The first-order chi connectivity index (χ1) is 14.3. The summed E-state index contributed by atoms with van der Waals surface area (Å²) in [4.78, 5) is 12.3. The number of ketones is 1. The van der Waals surface area contributed by atoms with E-state index in [1.54, 1.807) is 0 Å². The van der Waals surface area contributed by atoms with Crippen LogP contribution in [0.1, 0.15) is 15.9 Å². The molecule has 0 radical (unpaired) electrons. The molecule has 0 amide bonds. The minimum atomic E-state index is -0.466. The van der Waals surface area contributed by atoms with Gasteiger partial charge in [-0.3, -0.25) is 4.79 Å². The van der Waals surface area contributed by atoms with Gasteiger partial charge in [0.25, 0.3) is 0 Å². The zero-order valence-electron chi connectivity index (χ0n) is 15.3. The Labute approximate surface area is 190 Å². The molecule has 1 unspecified atom stereocenters. The van der Waals surface area contributed by atoms with Crippen LogP contribution in [0.15, 0.2) is 78.3 Å². The summed E-state index contributed by atoms with van der Waals surface area (Å²) in [6.45, 7) is 22.5. The van der Waals surface area contributed by atoms with Crippen LogP contribution in [0.25, 0.3) is 5.30 Å². The molecule has 148 valence electrons. The van der Waals surface area contributed by atoms with Gasteiger partial charge in [0.1, 0.15) is 0 Å². The van der Waals surface area contributed by atoms with E-state index in [1.807, 2.05) is 54.6 Å². The molecule has 1 atom stereocenters. The first-order valence-electron chi connectivity index (χ1n) is 7.20. The van der Waals surface area contributed by atoms with Gasteiger partial charge < -0.3 is 0 Å². The van der Waals surface area contributed by atoms with E-state index in [0.29, 0.717) is 0 Å². The van der Waals surface area contributed by atoms with Gasteiger partial charge in [0.2, 0.25) is 0 Å². The van der Waals surface area contributed by atoms with Crippen molar-refractivity contribution in [1.82, 2.24) is 0 Å². The molecule has 2 aromatic carbocycles. The van der Waals surface area contributed by atoms with Crippen LogP contribution >= 0.6 is 7.53 Å². The predicted molar refractivity (Wildman–Crippen MR) is 100 cm³/mol. The number of hydrogen-bond acceptors (Lipinski definition) is 1. The third kappa shape index (κ3) is 12.7. The maximum Gasteiger partial charge on any atom is 0 e. The van der Waals surface area contributed by atoms with Gasteiger partial charge in [0, 0.05) is 32.2 Å². The monoisotopic (exact) mass is 502 g/mol. The van der Waals surface area contributed by atoms with E-state index in [1.165, 1.54) is 5.30 Å². The Morgan fingerprint density at radius 2 is 1.00 bits per heavy atom. The van der Waals surface area contributed by atoms with Crippen molar-refractivity contribution in [3.63, 3.8) is 0 Å². The smallest absolute Gasteiger partial charge is 0 e. The predicted octanol–water partition coefficient (Wildman–Crippen LogP) is 4.70. The number of rotatable bonds is 3. The molecule has 0 aliphatic heterocycles. The number of carbonyl (C=O) groups excluding carboxylic acids is 1. The minimum Gasteiger partial charge on any atom is 0 e. The molecule has 8 heteroatoms. The maximum absolute atomic E-state index is 12.3. The molecule has 0 saturated heterocycles. The second-order valence-corrected chi connectivity index (χ2v) is 6.23.